The van der Waals surface area contributed by atoms with E-state index >= 15 is 0 Å². The lowest BCUT2D eigenvalue weighted by Crippen LogP contribution is -2.21. The maximum atomic E-state index is 12.2. The van der Waals surface area contributed by atoms with Gasteiger partial charge in [-0.25, -0.2) is 0 Å². The molecule has 0 spiro atoms. The zero-order valence-corrected chi connectivity index (χ0v) is 22.6. The van der Waals surface area contributed by atoms with E-state index in [2.05, 4.69) is 32.6 Å². The highest BCUT2D eigenvalue weighted by molar-refractivity contribution is 7.89. The molecule has 0 fully saturated rings. The van der Waals surface area contributed by atoms with Crippen LogP contribution in [0.5, 0.6) is 0 Å². The molecule has 1 aromatic carbocycles. The van der Waals surface area contributed by atoms with Crippen molar-refractivity contribution in [3.05, 3.63) is 24.3 Å². The molecule has 0 amide bonds. The van der Waals surface area contributed by atoms with Gasteiger partial charge in [0, 0.05) is 0 Å². The van der Waals surface area contributed by atoms with Crippen LogP contribution in [0.15, 0.2) is 34.1 Å². The SMILES string of the molecule is CCCCCCCCCCCCOS(=O)(=O)c1ccccc1S(=O)(=O)O.CCN(CC)CC. The van der Waals surface area contributed by atoms with E-state index in [1.807, 2.05) is 0 Å². The predicted octanol–water partition coefficient (Wildman–Crippen LogP) is 5.91. The smallest absolute Gasteiger partial charge is 0.298 e. The first-order chi connectivity index (χ1) is 15.6. The molecule has 0 aliphatic carbocycles. The molecule has 0 saturated carbocycles. The van der Waals surface area contributed by atoms with Gasteiger partial charge in [0.1, 0.15) is 9.79 Å². The first-order valence-electron chi connectivity index (χ1n) is 12.3. The fraction of sp³-hybridized carbons (Fsp3) is 0.750. The van der Waals surface area contributed by atoms with Crippen molar-refractivity contribution in [1.29, 1.82) is 0 Å². The molecule has 0 aliphatic heterocycles. The second-order valence-electron chi connectivity index (χ2n) is 8.00. The van der Waals surface area contributed by atoms with Crippen LogP contribution in [0.4, 0.5) is 0 Å². The molecule has 1 aromatic rings. The summed E-state index contributed by atoms with van der Waals surface area (Å²) in [6, 6.07) is 4.86. The molecule has 0 bridgehead atoms. The Labute approximate surface area is 202 Å². The molecular formula is C24H45NO6S2. The third-order valence-corrected chi connectivity index (χ3v) is 7.89. The Bertz CT molecular complexity index is 816. The van der Waals surface area contributed by atoms with E-state index in [4.69, 9.17) is 8.74 Å². The Balaban J connectivity index is 0.00000126. The first kappa shape index (κ1) is 32.0. The van der Waals surface area contributed by atoms with Gasteiger partial charge in [-0.15, -0.1) is 0 Å². The number of unbranched alkanes of at least 4 members (excludes halogenated alkanes) is 9. The van der Waals surface area contributed by atoms with Crippen LogP contribution in [0, 0.1) is 0 Å². The van der Waals surface area contributed by atoms with Crippen LogP contribution in [0.2, 0.25) is 0 Å². The number of hydrogen-bond acceptors (Lipinski definition) is 6. The molecule has 9 heteroatoms. The van der Waals surface area contributed by atoms with Crippen LogP contribution < -0.4 is 0 Å². The minimum atomic E-state index is -4.63. The topological polar surface area (TPSA) is 101 Å². The second kappa shape index (κ2) is 18.3. The monoisotopic (exact) mass is 507 g/mol. The van der Waals surface area contributed by atoms with E-state index in [-0.39, 0.29) is 6.61 Å². The summed E-state index contributed by atoms with van der Waals surface area (Å²) in [5.74, 6) is 0. The summed E-state index contributed by atoms with van der Waals surface area (Å²) in [6.45, 7) is 12.3. The van der Waals surface area contributed by atoms with Gasteiger partial charge in [-0.3, -0.25) is 8.74 Å². The summed E-state index contributed by atoms with van der Waals surface area (Å²) in [7, 11) is -8.85. The molecule has 7 nitrogen and oxygen atoms in total. The molecule has 0 heterocycles. The standard InChI is InChI=1S/C18H30O6S2.C6H15N/c1-2-3-4-5-6-7-8-9-10-13-16-24-26(22,23)18-15-12-11-14-17(18)25(19,20)21;1-4-7(5-2)6-3/h11-12,14-15H,2-10,13,16H2,1H3,(H,19,20,21);4-6H2,1-3H3. The molecule has 33 heavy (non-hydrogen) atoms. The fourth-order valence-electron chi connectivity index (χ4n) is 3.36. The highest BCUT2D eigenvalue weighted by atomic mass is 32.2. The maximum absolute atomic E-state index is 12.2. The Morgan fingerprint density at radius 1 is 0.697 bits per heavy atom. The fourth-order valence-corrected chi connectivity index (χ4v) is 5.58. The lowest BCUT2D eigenvalue weighted by Gasteiger charge is -2.13. The molecule has 0 unspecified atom stereocenters. The van der Waals surface area contributed by atoms with Crippen molar-refractivity contribution in [3.63, 3.8) is 0 Å². The third kappa shape index (κ3) is 14.8. The van der Waals surface area contributed by atoms with Gasteiger partial charge >= 0.3 is 0 Å². The van der Waals surface area contributed by atoms with E-state index in [1.165, 1.54) is 70.3 Å². The van der Waals surface area contributed by atoms with Crippen LogP contribution in [-0.2, 0) is 24.4 Å². The van der Waals surface area contributed by atoms with Crippen molar-refractivity contribution < 1.29 is 25.6 Å². The minimum Gasteiger partial charge on any atom is -0.304 e. The Hall–Kier alpha value is -1.00. The summed E-state index contributed by atoms with van der Waals surface area (Å²) in [4.78, 5) is 1.18. The summed E-state index contributed by atoms with van der Waals surface area (Å²) in [6.07, 6.45) is 11.2. The molecule has 1 rings (SSSR count). The quantitative estimate of drug-likeness (QED) is 0.159. The molecular weight excluding hydrogens is 462 g/mol. The van der Waals surface area contributed by atoms with Crippen LogP contribution >= 0.6 is 0 Å². The normalized spacial score (nSPS) is 11.9. The average molecular weight is 508 g/mol. The van der Waals surface area contributed by atoms with E-state index in [0.29, 0.717) is 6.42 Å². The van der Waals surface area contributed by atoms with Crippen molar-refractivity contribution in [2.75, 3.05) is 26.2 Å². The van der Waals surface area contributed by atoms with Crippen molar-refractivity contribution in [3.8, 4) is 0 Å². The maximum Gasteiger partial charge on any atom is 0.298 e. The predicted molar refractivity (Wildman–Crippen MR) is 135 cm³/mol. The largest absolute Gasteiger partial charge is 0.304 e. The summed E-state index contributed by atoms with van der Waals surface area (Å²) >= 11 is 0. The van der Waals surface area contributed by atoms with Gasteiger partial charge in [0.15, 0.2) is 0 Å². The van der Waals surface area contributed by atoms with Crippen molar-refractivity contribution in [2.24, 2.45) is 0 Å². The number of nitrogens with zero attached hydrogens (tertiary/aromatic N) is 1. The first-order valence-corrected chi connectivity index (χ1v) is 15.2. The van der Waals surface area contributed by atoms with Crippen molar-refractivity contribution in [1.82, 2.24) is 4.90 Å². The zero-order valence-electron chi connectivity index (χ0n) is 21.0. The van der Waals surface area contributed by atoms with Gasteiger partial charge in [-0.1, -0.05) is 97.6 Å². The van der Waals surface area contributed by atoms with Crippen molar-refractivity contribution >= 4 is 20.2 Å². The highest BCUT2D eigenvalue weighted by Crippen LogP contribution is 2.22. The minimum absolute atomic E-state index is 0.00135. The third-order valence-electron chi connectivity index (χ3n) is 5.47. The van der Waals surface area contributed by atoms with E-state index in [1.54, 1.807) is 0 Å². The average Bonchev–Trinajstić information content (AvgIpc) is 2.78. The molecule has 0 radical (unpaired) electrons. The number of rotatable bonds is 17. The summed E-state index contributed by atoms with van der Waals surface area (Å²) in [5.41, 5.74) is 0. The van der Waals surface area contributed by atoms with Gasteiger partial charge in [0.05, 0.1) is 6.61 Å². The highest BCUT2D eigenvalue weighted by Gasteiger charge is 2.25. The summed E-state index contributed by atoms with van der Waals surface area (Å²) < 4.78 is 61.0. The molecule has 0 atom stereocenters. The van der Waals surface area contributed by atoms with Crippen LogP contribution in [0.3, 0.4) is 0 Å². The Kier molecular flexibility index (Phi) is 17.8. The van der Waals surface area contributed by atoms with E-state index in [0.717, 1.165) is 31.4 Å². The number of benzene rings is 1. The lowest BCUT2D eigenvalue weighted by atomic mass is 10.1. The van der Waals surface area contributed by atoms with Gasteiger partial charge in [0.25, 0.3) is 20.2 Å². The molecule has 0 saturated heterocycles. The van der Waals surface area contributed by atoms with Gasteiger partial charge in [-0.2, -0.15) is 16.8 Å². The Morgan fingerprint density at radius 3 is 1.52 bits per heavy atom. The van der Waals surface area contributed by atoms with Crippen LogP contribution in [-0.4, -0.2) is 52.5 Å². The van der Waals surface area contributed by atoms with E-state index < -0.39 is 30.0 Å². The molecule has 194 valence electrons. The Morgan fingerprint density at radius 2 is 1.12 bits per heavy atom. The van der Waals surface area contributed by atoms with Gasteiger partial charge < -0.3 is 4.90 Å². The lowest BCUT2D eigenvalue weighted by molar-refractivity contribution is 0.305. The van der Waals surface area contributed by atoms with Gasteiger partial charge in [-0.05, 0) is 38.2 Å². The van der Waals surface area contributed by atoms with E-state index in [9.17, 15) is 16.8 Å². The molecule has 0 aliphatic rings. The molecule has 0 aromatic heterocycles. The van der Waals surface area contributed by atoms with Crippen LogP contribution in [0.1, 0.15) is 91.9 Å². The van der Waals surface area contributed by atoms with Crippen LogP contribution in [0.25, 0.3) is 0 Å². The zero-order chi connectivity index (χ0) is 25.2. The molecule has 1 N–H and O–H groups in total. The van der Waals surface area contributed by atoms with Crippen molar-refractivity contribution in [2.45, 2.75) is 102 Å². The number of hydrogen-bond donors (Lipinski definition) is 1. The van der Waals surface area contributed by atoms with Gasteiger partial charge in [0.2, 0.25) is 0 Å². The summed E-state index contributed by atoms with van der Waals surface area (Å²) in [5, 5.41) is 0. The second-order valence-corrected chi connectivity index (χ2v) is 11.0.